The summed E-state index contributed by atoms with van der Waals surface area (Å²) in [7, 11) is -6.49. The molecule has 0 spiro atoms. The molecule has 0 fully saturated rings. The van der Waals surface area contributed by atoms with Crippen LogP contribution in [0.4, 0.5) is 0 Å². The fraction of sp³-hybridized carbons (Fsp3) is 0.793. The highest BCUT2D eigenvalue weighted by molar-refractivity contribution is 7.91. The molecule has 0 aliphatic rings. The van der Waals surface area contributed by atoms with E-state index in [2.05, 4.69) is 6.92 Å². The quantitative estimate of drug-likeness (QED) is 0.0957. The number of hydrogen-bond acceptors (Lipinski definition) is 5. The molecular formula is C29H53O5PS. The van der Waals surface area contributed by atoms with Crippen molar-refractivity contribution >= 4 is 17.4 Å². The lowest BCUT2D eigenvalue weighted by molar-refractivity contribution is 0.219. The molecule has 0 unspecified atom stereocenters. The lowest BCUT2D eigenvalue weighted by Crippen LogP contribution is -2.07. The molecule has 36 heavy (non-hydrogen) atoms. The molecule has 0 atom stereocenters. The van der Waals surface area contributed by atoms with E-state index in [9.17, 15) is 13.0 Å². The van der Waals surface area contributed by atoms with Gasteiger partial charge in [-0.3, -0.25) is 4.57 Å². The number of sulfone groups is 1. The van der Waals surface area contributed by atoms with Crippen LogP contribution in [-0.2, 0) is 29.6 Å². The Balaban J connectivity index is 2.14. The van der Waals surface area contributed by atoms with Crippen molar-refractivity contribution in [3.05, 3.63) is 29.8 Å². The van der Waals surface area contributed by atoms with E-state index < -0.39 is 17.4 Å². The van der Waals surface area contributed by atoms with Gasteiger partial charge in [-0.1, -0.05) is 115 Å². The van der Waals surface area contributed by atoms with Gasteiger partial charge in [0.15, 0.2) is 9.84 Å². The Kier molecular flexibility index (Phi) is 18.8. The van der Waals surface area contributed by atoms with Crippen LogP contribution >= 0.6 is 7.60 Å². The normalized spacial score (nSPS) is 12.3. The molecule has 0 amide bonds. The summed E-state index contributed by atoms with van der Waals surface area (Å²) in [4.78, 5) is 0.329. The van der Waals surface area contributed by atoms with Crippen LogP contribution < -0.4 is 0 Å². The molecule has 1 aromatic carbocycles. The molecule has 0 saturated carbocycles. The van der Waals surface area contributed by atoms with Gasteiger partial charge >= 0.3 is 7.60 Å². The third-order valence-corrected chi connectivity index (χ3v) is 10.4. The molecule has 0 aliphatic heterocycles. The first-order valence-electron chi connectivity index (χ1n) is 14.6. The van der Waals surface area contributed by atoms with E-state index in [1.165, 1.54) is 83.5 Å². The van der Waals surface area contributed by atoms with Gasteiger partial charge in [-0.05, 0) is 38.0 Å². The molecule has 5 nitrogen and oxygen atoms in total. The van der Waals surface area contributed by atoms with E-state index in [-0.39, 0.29) is 11.9 Å². The summed E-state index contributed by atoms with van der Waals surface area (Å²) in [5.74, 6) is 0.182. The van der Waals surface area contributed by atoms with Gasteiger partial charge in [0.1, 0.15) is 0 Å². The standard InChI is InChI=1S/C29H53O5PS/c1-4-7-8-9-10-11-12-13-14-15-16-17-18-19-20-21-26-36(31,32)29-24-22-28(23-25-29)27-35(30,33-5-2)34-6-3/h22-25H,4-21,26-27H2,1-3H3. The van der Waals surface area contributed by atoms with Crippen molar-refractivity contribution < 1.29 is 22.0 Å². The van der Waals surface area contributed by atoms with Crippen molar-refractivity contribution in [2.45, 2.75) is 135 Å². The van der Waals surface area contributed by atoms with Gasteiger partial charge in [0.25, 0.3) is 0 Å². The van der Waals surface area contributed by atoms with Crippen LogP contribution in [0, 0.1) is 0 Å². The molecule has 0 aliphatic carbocycles. The zero-order chi connectivity index (χ0) is 26.5. The first-order chi connectivity index (χ1) is 17.4. The van der Waals surface area contributed by atoms with Gasteiger partial charge in [-0.15, -0.1) is 0 Å². The molecule has 0 bridgehead atoms. The Morgan fingerprint density at radius 1 is 0.611 bits per heavy atom. The van der Waals surface area contributed by atoms with Crippen molar-refractivity contribution in [2.24, 2.45) is 0 Å². The summed E-state index contributed by atoms with van der Waals surface area (Å²) < 4.78 is 48.7. The summed E-state index contributed by atoms with van der Waals surface area (Å²) >= 11 is 0. The Morgan fingerprint density at radius 3 is 1.39 bits per heavy atom. The first kappa shape index (κ1) is 33.3. The first-order valence-corrected chi connectivity index (χ1v) is 17.9. The SMILES string of the molecule is CCCCCCCCCCCCCCCCCCS(=O)(=O)c1ccc(CP(=O)(OCC)OCC)cc1. The van der Waals surface area contributed by atoms with Crippen LogP contribution in [0.5, 0.6) is 0 Å². The minimum atomic E-state index is -3.29. The summed E-state index contributed by atoms with van der Waals surface area (Å²) in [6.07, 6.45) is 20.5. The number of rotatable bonds is 24. The van der Waals surface area contributed by atoms with Crippen molar-refractivity contribution in [1.29, 1.82) is 0 Å². The van der Waals surface area contributed by atoms with E-state index >= 15 is 0 Å². The van der Waals surface area contributed by atoms with E-state index in [1.807, 2.05) is 0 Å². The van der Waals surface area contributed by atoms with Gasteiger partial charge < -0.3 is 9.05 Å². The highest BCUT2D eigenvalue weighted by Crippen LogP contribution is 2.51. The van der Waals surface area contributed by atoms with Crippen LogP contribution in [0.3, 0.4) is 0 Å². The average molecular weight is 545 g/mol. The number of benzene rings is 1. The fourth-order valence-electron chi connectivity index (χ4n) is 4.51. The highest BCUT2D eigenvalue weighted by atomic mass is 32.2. The second-order valence-corrected chi connectivity index (χ2v) is 14.0. The zero-order valence-electron chi connectivity index (χ0n) is 23.3. The fourth-order valence-corrected chi connectivity index (χ4v) is 7.58. The Morgan fingerprint density at radius 2 is 1.00 bits per heavy atom. The van der Waals surface area contributed by atoms with Crippen LogP contribution in [0.25, 0.3) is 0 Å². The molecule has 0 radical (unpaired) electrons. The van der Waals surface area contributed by atoms with Crippen LogP contribution in [0.15, 0.2) is 29.2 Å². The van der Waals surface area contributed by atoms with E-state index in [0.29, 0.717) is 24.5 Å². The van der Waals surface area contributed by atoms with E-state index in [4.69, 9.17) is 9.05 Å². The lowest BCUT2D eigenvalue weighted by atomic mass is 10.0. The van der Waals surface area contributed by atoms with Gasteiger partial charge in [0.05, 0.1) is 30.0 Å². The molecule has 210 valence electrons. The van der Waals surface area contributed by atoms with Gasteiger partial charge in [0.2, 0.25) is 0 Å². The molecule has 0 saturated heterocycles. The molecule has 1 aromatic rings. The largest absolute Gasteiger partial charge is 0.335 e. The maximum absolute atomic E-state index is 12.7. The highest BCUT2D eigenvalue weighted by Gasteiger charge is 2.24. The summed E-state index contributed by atoms with van der Waals surface area (Å²) in [5, 5.41) is 0. The molecule has 0 aromatic heterocycles. The van der Waals surface area contributed by atoms with Gasteiger partial charge in [-0.2, -0.15) is 0 Å². The molecule has 0 N–H and O–H groups in total. The minimum absolute atomic E-state index is 0.147. The van der Waals surface area contributed by atoms with Crippen molar-refractivity contribution in [3.63, 3.8) is 0 Å². The third-order valence-electron chi connectivity index (χ3n) is 6.58. The molecular weight excluding hydrogens is 491 g/mol. The second-order valence-electron chi connectivity index (χ2n) is 9.87. The zero-order valence-corrected chi connectivity index (χ0v) is 25.1. The van der Waals surface area contributed by atoms with E-state index in [0.717, 1.165) is 18.4 Å². The molecule has 1 rings (SSSR count). The Hall–Kier alpha value is -0.680. The summed E-state index contributed by atoms with van der Waals surface area (Å²) in [5.41, 5.74) is 0.751. The van der Waals surface area contributed by atoms with E-state index in [1.54, 1.807) is 38.1 Å². The van der Waals surface area contributed by atoms with Crippen molar-refractivity contribution in [2.75, 3.05) is 19.0 Å². The predicted octanol–water partition coefficient (Wildman–Crippen LogP) is 9.49. The molecule has 0 heterocycles. The monoisotopic (exact) mass is 544 g/mol. The van der Waals surface area contributed by atoms with Crippen molar-refractivity contribution in [1.82, 2.24) is 0 Å². The lowest BCUT2D eigenvalue weighted by Gasteiger charge is -2.17. The minimum Gasteiger partial charge on any atom is -0.309 e. The smallest absolute Gasteiger partial charge is 0.309 e. The van der Waals surface area contributed by atoms with Crippen molar-refractivity contribution in [3.8, 4) is 0 Å². The van der Waals surface area contributed by atoms with Crippen LogP contribution in [0.2, 0.25) is 0 Å². The van der Waals surface area contributed by atoms with Gasteiger partial charge in [0, 0.05) is 0 Å². The van der Waals surface area contributed by atoms with Crippen LogP contribution in [-0.4, -0.2) is 27.4 Å². The third kappa shape index (κ3) is 15.5. The topological polar surface area (TPSA) is 69.7 Å². The maximum Gasteiger partial charge on any atom is 0.335 e. The Labute approximate surface area is 222 Å². The summed E-state index contributed by atoms with van der Waals surface area (Å²) in [6, 6.07) is 6.65. The summed E-state index contributed by atoms with van der Waals surface area (Å²) in [6.45, 7) is 6.44. The second kappa shape index (κ2) is 20.3. The maximum atomic E-state index is 12.7. The average Bonchev–Trinajstić information content (AvgIpc) is 2.84. The number of unbranched alkanes of at least 4 members (excludes halogenated alkanes) is 15. The van der Waals surface area contributed by atoms with Gasteiger partial charge in [-0.25, -0.2) is 8.42 Å². The predicted molar refractivity (Wildman–Crippen MR) is 153 cm³/mol. The number of hydrogen-bond donors (Lipinski definition) is 0. The Bertz CT molecular complexity index is 797. The molecule has 7 heteroatoms. The van der Waals surface area contributed by atoms with Crippen LogP contribution in [0.1, 0.15) is 129 Å².